The van der Waals surface area contributed by atoms with Gasteiger partial charge in [-0.25, -0.2) is 0 Å². The normalized spacial score (nSPS) is 10.3. The Labute approximate surface area is 144 Å². The van der Waals surface area contributed by atoms with Gasteiger partial charge < -0.3 is 15.4 Å². The van der Waals surface area contributed by atoms with Crippen LogP contribution in [-0.2, 0) is 4.79 Å². The van der Waals surface area contributed by atoms with Gasteiger partial charge in [-0.15, -0.1) is 0 Å². The van der Waals surface area contributed by atoms with Crippen molar-refractivity contribution in [2.75, 3.05) is 23.8 Å². The number of unbranched alkanes of at least 4 members (excludes halogenated alkanes) is 1. The van der Waals surface area contributed by atoms with Crippen LogP contribution in [0.3, 0.4) is 0 Å². The number of amides is 1. The van der Waals surface area contributed by atoms with E-state index in [4.69, 9.17) is 4.74 Å². The van der Waals surface area contributed by atoms with E-state index in [1.807, 2.05) is 56.3 Å². The highest BCUT2D eigenvalue weighted by Gasteiger charge is 2.06. The van der Waals surface area contributed by atoms with Crippen LogP contribution in [0.5, 0.6) is 5.75 Å². The summed E-state index contributed by atoms with van der Waals surface area (Å²) in [6.07, 6.45) is 2.17. The maximum atomic E-state index is 12.1. The van der Waals surface area contributed by atoms with Crippen LogP contribution in [0.1, 0.15) is 30.9 Å². The molecule has 0 aliphatic carbocycles. The molecule has 4 nitrogen and oxygen atoms in total. The van der Waals surface area contributed by atoms with Crippen molar-refractivity contribution in [1.82, 2.24) is 0 Å². The average molecular weight is 326 g/mol. The highest BCUT2D eigenvalue weighted by molar-refractivity contribution is 5.94. The minimum absolute atomic E-state index is 0.0630. The van der Waals surface area contributed by atoms with E-state index in [-0.39, 0.29) is 12.5 Å². The van der Waals surface area contributed by atoms with Crippen molar-refractivity contribution in [3.8, 4) is 5.75 Å². The molecule has 0 aliphatic rings. The van der Waals surface area contributed by atoms with E-state index >= 15 is 0 Å². The number of carbonyl (C=O) groups is 1. The number of ether oxygens (including phenoxy) is 1. The van der Waals surface area contributed by atoms with Crippen molar-refractivity contribution in [1.29, 1.82) is 0 Å². The van der Waals surface area contributed by atoms with E-state index in [1.54, 1.807) is 0 Å². The van der Waals surface area contributed by atoms with Crippen LogP contribution in [0, 0.1) is 13.8 Å². The van der Waals surface area contributed by atoms with Crippen molar-refractivity contribution in [3.63, 3.8) is 0 Å². The van der Waals surface area contributed by atoms with Gasteiger partial charge in [-0.05, 0) is 61.7 Å². The molecule has 2 rings (SSSR count). The molecule has 0 fully saturated rings. The van der Waals surface area contributed by atoms with Crippen LogP contribution < -0.4 is 15.4 Å². The quantitative estimate of drug-likeness (QED) is 0.701. The number of carbonyl (C=O) groups excluding carboxylic acids is 1. The molecule has 1 amide bonds. The largest absolute Gasteiger partial charge is 0.494 e. The third-order valence-electron chi connectivity index (χ3n) is 3.95. The van der Waals surface area contributed by atoms with Gasteiger partial charge in [0, 0.05) is 11.4 Å². The summed E-state index contributed by atoms with van der Waals surface area (Å²) >= 11 is 0. The Morgan fingerprint density at radius 2 is 1.83 bits per heavy atom. The number of nitrogens with one attached hydrogen (secondary N) is 2. The summed E-state index contributed by atoms with van der Waals surface area (Å²) in [5.41, 5.74) is 4.02. The minimum Gasteiger partial charge on any atom is -0.494 e. The first kappa shape index (κ1) is 17.9. The smallest absolute Gasteiger partial charge is 0.243 e. The van der Waals surface area contributed by atoms with Crippen molar-refractivity contribution >= 4 is 17.3 Å². The van der Waals surface area contributed by atoms with E-state index in [2.05, 4.69) is 17.6 Å². The molecule has 2 aromatic carbocycles. The molecule has 0 unspecified atom stereocenters. The average Bonchev–Trinajstić information content (AvgIpc) is 2.58. The molecule has 0 spiro atoms. The number of rotatable bonds is 8. The summed E-state index contributed by atoms with van der Waals surface area (Å²) < 4.78 is 5.62. The Hall–Kier alpha value is -2.49. The summed E-state index contributed by atoms with van der Waals surface area (Å²) in [7, 11) is 0. The molecule has 2 aromatic rings. The second kappa shape index (κ2) is 8.96. The number of hydrogen-bond acceptors (Lipinski definition) is 3. The molecule has 0 aliphatic heterocycles. The maximum absolute atomic E-state index is 12.1. The van der Waals surface area contributed by atoms with E-state index < -0.39 is 0 Å². The van der Waals surface area contributed by atoms with E-state index in [0.29, 0.717) is 0 Å². The number of benzene rings is 2. The van der Waals surface area contributed by atoms with Gasteiger partial charge in [0.1, 0.15) is 5.75 Å². The van der Waals surface area contributed by atoms with Gasteiger partial charge in [-0.2, -0.15) is 0 Å². The van der Waals surface area contributed by atoms with Crippen LogP contribution in [0.15, 0.2) is 42.5 Å². The van der Waals surface area contributed by atoms with Gasteiger partial charge in [0.15, 0.2) is 0 Å². The van der Waals surface area contributed by atoms with Gasteiger partial charge >= 0.3 is 0 Å². The number of anilines is 2. The van der Waals surface area contributed by atoms with Crippen LogP contribution in [0.25, 0.3) is 0 Å². The summed E-state index contributed by atoms with van der Waals surface area (Å²) in [5, 5.41) is 6.07. The lowest BCUT2D eigenvalue weighted by atomic mass is 10.1. The lowest BCUT2D eigenvalue weighted by Crippen LogP contribution is -2.22. The lowest BCUT2D eigenvalue weighted by Gasteiger charge is -2.12. The molecule has 0 saturated carbocycles. The number of hydrogen-bond donors (Lipinski definition) is 2. The first-order valence-corrected chi connectivity index (χ1v) is 8.43. The zero-order valence-electron chi connectivity index (χ0n) is 14.7. The molecule has 0 heterocycles. The fourth-order valence-corrected chi connectivity index (χ4v) is 2.27. The first-order chi connectivity index (χ1) is 11.6. The fraction of sp³-hybridized carbons (Fsp3) is 0.350. The second-order valence-electron chi connectivity index (χ2n) is 5.88. The van der Waals surface area contributed by atoms with Gasteiger partial charge in [-0.1, -0.05) is 25.5 Å². The van der Waals surface area contributed by atoms with Gasteiger partial charge in [0.05, 0.1) is 13.2 Å². The van der Waals surface area contributed by atoms with Crippen LogP contribution in [0.4, 0.5) is 11.4 Å². The van der Waals surface area contributed by atoms with Crippen LogP contribution in [0.2, 0.25) is 0 Å². The van der Waals surface area contributed by atoms with Gasteiger partial charge in [0.2, 0.25) is 5.91 Å². The predicted molar refractivity (Wildman–Crippen MR) is 99.9 cm³/mol. The van der Waals surface area contributed by atoms with Gasteiger partial charge in [0.25, 0.3) is 0 Å². The highest BCUT2D eigenvalue weighted by atomic mass is 16.5. The number of aryl methyl sites for hydroxylation is 1. The summed E-state index contributed by atoms with van der Waals surface area (Å²) in [6, 6.07) is 13.6. The van der Waals surface area contributed by atoms with Crippen molar-refractivity contribution in [2.45, 2.75) is 33.6 Å². The molecule has 128 valence electrons. The maximum Gasteiger partial charge on any atom is 0.243 e. The molecular weight excluding hydrogens is 300 g/mol. The van der Waals surface area contributed by atoms with Crippen LogP contribution in [-0.4, -0.2) is 19.1 Å². The zero-order chi connectivity index (χ0) is 17.4. The molecule has 4 heteroatoms. The third kappa shape index (κ3) is 5.30. The monoisotopic (exact) mass is 326 g/mol. The highest BCUT2D eigenvalue weighted by Crippen LogP contribution is 2.18. The van der Waals surface area contributed by atoms with Gasteiger partial charge in [-0.3, -0.25) is 4.79 Å². The Balaban J connectivity index is 1.82. The van der Waals surface area contributed by atoms with Crippen molar-refractivity contribution in [2.24, 2.45) is 0 Å². The zero-order valence-corrected chi connectivity index (χ0v) is 14.7. The standard InChI is InChI=1S/C20H26N2O2/c1-4-5-13-24-18-11-9-17(10-12-18)21-14-20(23)22-19-8-6-7-15(2)16(19)3/h6-12,21H,4-5,13-14H2,1-3H3,(H,22,23). The summed E-state index contributed by atoms with van der Waals surface area (Å²) in [5.74, 6) is 0.792. The summed E-state index contributed by atoms with van der Waals surface area (Å²) in [6.45, 7) is 7.15. The molecular formula is C20H26N2O2. The first-order valence-electron chi connectivity index (χ1n) is 8.43. The van der Waals surface area contributed by atoms with E-state index in [9.17, 15) is 4.79 Å². The van der Waals surface area contributed by atoms with Crippen molar-refractivity contribution in [3.05, 3.63) is 53.6 Å². The Bertz CT molecular complexity index is 666. The van der Waals surface area contributed by atoms with Crippen molar-refractivity contribution < 1.29 is 9.53 Å². The fourth-order valence-electron chi connectivity index (χ4n) is 2.27. The Morgan fingerprint density at radius 1 is 1.08 bits per heavy atom. The minimum atomic E-state index is -0.0630. The van der Waals surface area contributed by atoms with Crippen LogP contribution >= 0.6 is 0 Å². The van der Waals surface area contributed by atoms with E-state index in [1.165, 1.54) is 5.56 Å². The molecule has 24 heavy (non-hydrogen) atoms. The summed E-state index contributed by atoms with van der Waals surface area (Å²) in [4.78, 5) is 12.1. The molecule has 2 N–H and O–H groups in total. The topological polar surface area (TPSA) is 50.4 Å². The SMILES string of the molecule is CCCCOc1ccc(NCC(=O)Nc2cccc(C)c2C)cc1. The van der Waals surface area contributed by atoms with E-state index in [0.717, 1.165) is 42.1 Å². The molecule has 0 radical (unpaired) electrons. The molecule has 0 aromatic heterocycles. The predicted octanol–water partition coefficient (Wildman–Crippen LogP) is 4.53. The Morgan fingerprint density at radius 3 is 2.54 bits per heavy atom. The molecule has 0 atom stereocenters. The third-order valence-corrected chi connectivity index (χ3v) is 3.95. The Kier molecular flexibility index (Phi) is 6.67. The molecule has 0 saturated heterocycles. The molecule has 0 bridgehead atoms. The lowest BCUT2D eigenvalue weighted by molar-refractivity contribution is -0.114. The second-order valence-corrected chi connectivity index (χ2v) is 5.88.